The SMILES string of the molecule is Cc1nc(S(=O)(=O)NC(C)c2ccc(CN)cc2)cn1C. The van der Waals surface area contributed by atoms with E-state index >= 15 is 0 Å². The summed E-state index contributed by atoms with van der Waals surface area (Å²) in [6, 6.07) is 7.19. The smallest absolute Gasteiger partial charge is 0.260 e. The van der Waals surface area contributed by atoms with E-state index in [1.54, 1.807) is 25.5 Å². The Morgan fingerprint density at radius 2 is 1.95 bits per heavy atom. The Hall–Kier alpha value is -1.70. The maximum absolute atomic E-state index is 12.3. The third-order valence-corrected chi connectivity index (χ3v) is 4.82. The number of aromatic nitrogens is 2. The van der Waals surface area contributed by atoms with Crippen LogP contribution in [0.4, 0.5) is 0 Å². The summed E-state index contributed by atoms with van der Waals surface area (Å²) in [6.07, 6.45) is 1.50. The lowest BCUT2D eigenvalue weighted by Crippen LogP contribution is -2.27. The molecular formula is C14H20N4O2S. The summed E-state index contributed by atoms with van der Waals surface area (Å²) >= 11 is 0. The fourth-order valence-corrected chi connectivity index (χ4v) is 3.23. The molecule has 1 atom stereocenters. The molecule has 0 aliphatic rings. The van der Waals surface area contributed by atoms with Gasteiger partial charge in [0.2, 0.25) is 0 Å². The highest BCUT2D eigenvalue weighted by Crippen LogP contribution is 2.17. The van der Waals surface area contributed by atoms with E-state index in [4.69, 9.17) is 5.73 Å². The van der Waals surface area contributed by atoms with Crippen molar-refractivity contribution in [2.24, 2.45) is 12.8 Å². The number of sulfonamides is 1. The van der Waals surface area contributed by atoms with Crippen LogP contribution in [0.3, 0.4) is 0 Å². The maximum Gasteiger partial charge on any atom is 0.260 e. The van der Waals surface area contributed by atoms with E-state index < -0.39 is 10.0 Å². The summed E-state index contributed by atoms with van der Waals surface area (Å²) in [6.45, 7) is 4.02. The summed E-state index contributed by atoms with van der Waals surface area (Å²) in [4.78, 5) is 4.05. The van der Waals surface area contributed by atoms with E-state index in [1.807, 2.05) is 24.3 Å². The van der Waals surface area contributed by atoms with Crippen molar-refractivity contribution >= 4 is 10.0 Å². The third kappa shape index (κ3) is 3.49. The molecule has 0 amide bonds. The predicted molar refractivity (Wildman–Crippen MR) is 81.0 cm³/mol. The molecule has 21 heavy (non-hydrogen) atoms. The quantitative estimate of drug-likeness (QED) is 0.869. The molecule has 0 saturated carbocycles. The second-order valence-electron chi connectivity index (χ2n) is 5.03. The van der Waals surface area contributed by atoms with Crippen LogP contribution < -0.4 is 10.5 Å². The van der Waals surface area contributed by atoms with Gasteiger partial charge in [-0.15, -0.1) is 0 Å². The minimum atomic E-state index is -3.63. The first-order valence-electron chi connectivity index (χ1n) is 6.64. The van der Waals surface area contributed by atoms with E-state index in [-0.39, 0.29) is 11.1 Å². The molecule has 1 aromatic carbocycles. The summed E-state index contributed by atoms with van der Waals surface area (Å²) in [5.41, 5.74) is 7.43. The molecule has 2 rings (SSSR count). The van der Waals surface area contributed by atoms with Crippen molar-refractivity contribution < 1.29 is 8.42 Å². The molecule has 1 unspecified atom stereocenters. The van der Waals surface area contributed by atoms with Gasteiger partial charge in [-0.2, -0.15) is 0 Å². The van der Waals surface area contributed by atoms with Gasteiger partial charge >= 0.3 is 0 Å². The number of nitrogens with one attached hydrogen (secondary N) is 1. The summed E-state index contributed by atoms with van der Waals surface area (Å²) < 4.78 is 28.9. The van der Waals surface area contributed by atoms with Crippen LogP contribution in [0.1, 0.15) is 29.9 Å². The first kappa shape index (κ1) is 15.7. The zero-order valence-corrected chi connectivity index (χ0v) is 13.2. The van der Waals surface area contributed by atoms with Crippen LogP contribution in [0.25, 0.3) is 0 Å². The molecule has 114 valence electrons. The molecule has 0 spiro atoms. The number of benzene rings is 1. The van der Waals surface area contributed by atoms with E-state index in [1.165, 1.54) is 6.20 Å². The van der Waals surface area contributed by atoms with E-state index in [9.17, 15) is 8.42 Å². The van der Waals surface area contributed by atoms with Crippen LogP contribution in [0.15, 0.2) is 35.5 Å². The van der Waals surface area contributed by atoms with Gasteiger partial charge < -0.3 is 10.3 Å². The number of nitrogens with zero attached hydrogens (tertiary/aromatic N) is 2. The Labute approximate surface area is 125 Å². The molecule has 3 N–H and O–H groups in total. The predicted octanol–water partition coefficient (Wildman–Crippen LogP) is 1.23. The average molecular weight is 308 g/mol. The molecule has 1 aromatic heterocycles. The Kier molecular flexibility index (Phi) is 4.46. The lowest BCUT2D eigenvalue weighted by molar-refractivity contribution is 0.563. The van der Waals surface area contributed by atoms with Crippen LogP contribution >= 0.6 is 0 Å². The lowest BCUT2D eigenvalue weighted by Gasteiger charge is -2.14. The molecule has 0 radical (unpaired) electrons. The van der Waals surface area contributed by atoms with Gasteiger partial charge in [-0.25, -0.2) is 18.1 Å². The number of hydrogen-bond donors (Lipinski definition) is 2. The molecule has 0 saturated heterocycles. The Balaban J connectivity index is 2.18. The van der Waals surface area contributed by atoms with E-state index in [0.29, 0.717) is 12.4 Å². The van der Waals surface area contributed by atoms with Gasteiger partial charge in [-0.1, -0.05) is 24.3 Å². The lowest BCUT2D eigenvalue weighted by atomic mass is 10.1. The van der Waals surface area contributed by atoms with Gasteiger partial charge in [0.05, 0.1) is 0 Å². The maximum atomic E-state index is 12.3. The molecule has 0 aliphatic carbocycles. The number of aryl methyl sites for hydroxylation is 2. The highest BCUT2D eigenvalue weighted by Gasteiger charge is 2.21. The minimum absolute atomic E-state index is 0.0351. The normalized spacial score (nSPS) is 13.3. The summed E-state index contributed by atoms with van der Waals surface area (Å²) in [5.74, 6) is 0.648. The monoisotopic (exact) mass is 308 g/mol. The zero-order chi connectivity index (χ0) is 15.6. The van der Waals surface area contributed by atoms with Crippen LogP contribution in [0, 0.1) is 6.92 Å². The number of rotatable bonds is 5. The average Bonchev–Trinajstić information content (AvgIpc) is 2.79. The third-order valence-electron chi connectivity index (χ3n) is 3.41. The van der Waals surface area contributed by atoms with E-state index in [0.717, 1.165) is 11.1 Å². The number of imidazole rings is 1. The van der Waals surface area contributed by atoms with Gasteiger partial charge in [0.15, 0.2) is 5.03 Å². The van der Waals surface area contributed by atoms with Crippen molar-refractivity contribution in [1.29, 1.82) is 0 Å². The standard InChI is InChI=1S/C14H20N4O2S/c1-10(13-6-4-12(8-15)5-7-13)17-21(19,20)14-9-18(3)11(2)16-14/h4-7,9-10,17H,8,15H2,1-3H3. The molecule has 0 bridgehead atoms. The topological polar surface area (TPSA) is 90.0 Å². The van der Waals surface area contributed by atoms with Crippen LogP contribution in [-0.4, -0.2) is 18.0 Å². The highest BCUT2D eigenvalue weighted by atomic mass is 32.2. The van der Waals surface area contributed by atoms with Gasteiger partial charge in [0.1, 0.15) is 5.82 Å². The van der Waals surface area contributed by atoms with E-state index in [2.05, 4.69) is 9.71 Å². The molecule has 6 nitrogen and oxygen atoms in total. The van der Waals surface area contributed by atoms with Crippen molar-refractivity contribution in [1.82, 2.24) is 14.3 Å². The largest absolute Gasteiger partial charge is 0.337 e. The summed E-state index contributed by atoms with van der Waals surface area (Å²) in [7, 11) is -1.87. The van der Waals surface area contributed by atoms with Crippen molar-refractivity contribution in [3.05, 3.63) is 47.4 Å². The van der Waals surface area contributed by atoms with Crippen LogP contribution in [-0.2, 0) is 23.6 Å². The van der Waals surface area contributed by atoms with Crippen LogP contribution in [0.5, 0.6) is 0 Å². The highest BCUT2D eigenvalue weighted by molar-refractivity contribution is 7.89. The van der Waals surface area contributed by atoms with Crippen molar-refractivity contribution in [2.45, 2.75) is 31.5 Å². The van der Waals surface area contributed by atoms with Gasteiger partial charge in [-0.3, -0.25) is 0 Å². The van der Waals surface area contributed by atoms with Crippen molar-refractivity contribution in [2.75, 3.05) is 0 Å². The Morgan fingerprint density at radius 3 is 2.43 bits per heavy atom. The van der Waals surface area contributed by atoms with Gasteiger partial charge in [0, 0.05) is 25.8 Å². The first-order chi connectivity index (χ1) is 9.83. The second-order valence-corrected chi connectivity index (χ2v) is 6.69. The fraction of sp³-hybridized carbons (Fsp3) is 0.357. The molecule has 0 aliphatic heterocycles. The first-order valence-corrected chi connectivity index (χ1v) is 8.13. The fourth-order valence-electron chi connectivity index (χ4n) is 1.96. The van der Waals surface area contributed by atoms with Crippen molar-refractivity contribution in [3.8, 4) is 0 Å². The van der Waals surface area contributed by atoms with Crippen LogP contribution in [0.2, 0.25) is 0 Å². The molecule has 0 fully saturated rings. The number of hydrogen-bond acceptors (Lipinski definition) is 4. The Bertz CT molecular complexity index is 700. The second kappa shape index (κ2) is 5.97. The van der Waals surface area contributed by atoms with Gasteiger partial charge in [-0.05, 0) is 25.0 Å². The minimum Gasteiger partial charge on any atom is -0.337 e. The summed E-state index contributed by atoms with van der Waals surface area (Å²) in [5, 5.41) is 0.0351. The van der Waals surface area contributed by atoms with Gasteiger partial charge in [0.25, 0.3) is 10.0 Å². The Morgan fingerprint density at radius 1 is 1.33 bits per heavy atom. The molecular weight excluding hydrogens is 288 g/mol. The number of nitrogens with two attached hydrogens (primary N) is 1. The van der Waals surface area contributed by atoms with Crippen molar-refractivity contribution in [3.63, 3.8) is 0 Å². The molecule has 1 heterocycles. The zero-order valence-electron chi connectivity index (χ0n) is 12.4. The molecule has 7 heteroatoms. The molecule has 2 aromatic rings.